The van der Waals surface area contributed by atoms with Crippen LogP contribution < -0.4 is 16.0 Å². The summed E-state index contributed by atoms with van der Waals surface area (Å²) in [5.41, 5.74) is 0.862. The topological polar surface area (TPSA) is 413 Å². The number of anilines is 2. The molecule has 2 amide bonds. The third-order valence-corrected chi connectivity index (χ3v) is 13.8. The molecule has 0 bridgehead atoms. The summed E-state index contributed by atoms with van der Waals surface area (Å²) in [5, 5.41) is 92.4. The highest BCUT2D eigenvalue weighted by atomic mass is 33.1. The van der Waals surface area contributed by atoms with Crippen molar-refractivity contribution in [3.8, 4) is 0 Å². The van der Waals surface area contributed by atoms with Crippen LogP contribution in [0.3, 0.4) is 0 Å². The Balaban J connectivity index is 1.42. The molecule has 3 heterocycles. The number of nitrogens with one attached hydrogen (secondary N) is 3. The number of hydrogen-bond acceptors (Lipinski definition) is 23. The molecule has 1 aromatic carbocycles. The van der Waals surface area contributed by atoms with Crippen LogP contribution in [0.25, 0.3) is 0 Å². The van der Waals surface area contributed by atoms with Crippen molar-refractivity contribution in [2.45, 2.75) is 130 Å². The zero-order chi connectivity index (χ0) is 47.5. The Labute approximate surface area is 374 Å². The van der Waals surface area contributed by atoms with E-state index in [-0.39, 0.29) is 5.91 Å². The fourth-order valence-electron chi connectivity index (χ4n) is 6.80. The van der Waals surface area contributed by atoms with Crippen molar-refractivity contribution in [2.24, 2.45) is 0 Å². The molecule has 1 unspecified atom stereocenters. The van der Waals surface area contributed by atoms with E-state index in [1.165, 1.54) is 0 Å². The minimum Gasteiger partial charge on any atom is -0.479 e. The molecular formula is C34H53N3O23S4. The van der Waals surface area contributed by atoms with E-state index in [9.17, 15) is 81.2 Å². The first-order chi connectivity index (χ1) is 30.0. The number of aliphatic hydroxyl groups is 7. The lowest BCUT2D eigenvalue weighted by atomic mass is 9.95. The standard InChI is InChI=1S/C34H53N3O23S4/c1-15(39)36-23-29(57-34-27(46)30(60-64(52,53)54)26(45)31(58-34)32(47)48)28(59-63(49,50)51)21(13-38)56-33(23)55-14-20(41)25(44)24(43)19(40)12-35-16-5-4-6-17(11-16)37-22(42)8-3-2-7-18-9-10-61-62-18/h4-6,11,18-21,23-31,33-35,38,40-41,43-46H,2-3,7-10,12-14H2,1H3,(H,36,39)(H,37,42)(H,47,48)(H,49,50,51)(H,52,53,54)/t18?,19-,20+,21+,23+,24+,25+,26-,27+,28-,29+,30-,31-,33-,34+/m0/s1. The lowest BCUT2D eigenvalue weighted by Crippen LogP contribution is -2.69. The Hall–Kier alpha value is -2.57. The van der Waals surface area contributed by atoms with E-state index < -0.39 is 138 Å². The fourth-order valence-corrected chi connectivity index (χ4v) is 10.9. The van der Waals surface area contributed by atoms with Gasteiger partial charge in [-0.1, -0.05) is 34.1 Å². The second kappa shape index (κ2) is 24.5. The first kappa shape index (κ1) is 54.0. The maximum absolute atomic E-state index is 12.5. The van der Waals surface area contributed by atoms with Crippen LogP contribution in [-0.4, -0.2) is 201 Å². The highest BCUT2D eigenvalue weighted by Gasteiger charge is 2.56. The number of unbranched alkanes of at least 4 members (excludes halogenated alkanes) is 1. The Morgan fingerprint density at radius 2 is 1.55 bits per heavy atom. The second-order valence-corrected chi connectivity index (χ2v) is 19.7. The van der Waals surface area contributed by atoms with Crippen LogP contribution in [0.1, 0.15) is 39.0 Å². The number of benzene rings is 1. The van der Waals surface area contributed by atoms with Crippen LogP contribution in [0.2, 0.25) is 0 Å². The van der Waals surface area contributed by atoms with Gasteiger partial charge >= 0.3 is 26.8 Å². The predicted molar refractivity (Wildman–Crippen MR) is 220 cm³/mol. The molecule has 0 spiro atoms. The lowest BCUT2D eigenvalue weighted by molar-refractivity contribution is -0.337. The van der Waals surface area contributed by atoms with E-state index in [1.54, 1.807) is 24.3 Å². The minimum atomic E-state index is -5.53. The molecule has 0 radical (unpaired) electrons. The van der Waals surface area contributed by atoms with Crippen molar-refractivity contribution >= 4 is 71.5 Å². The van der Waals surface area contributed by atoms with Crippen molar-refractivity contribution in [2.75, 3.05) is 36.1 Å². The first-order valence-electron chi connectivity index (χ1n) is 19.5. The third kappa shape index (κ3) is 16.3. The van der Waals surface area contributed by atoms with Gasteiger partial charge in [-0.05, 0) is 37.5 Å². The third-order valence-electron chi connectivity index (χ3n) is 9.88. The van der Waals surface area contributed by atoms with E-state index in [1.807, 2.05) is 21.6 Å². The van der Waals surface area contributed by atoms with Crippen LogP contribution in [0, 0.1) is 0 Å². The molecule has 3 aliphatic rings. The number of rotatable bonds is 24. The molecule has 366 valence electrons. The minimum absolute atomic E-state index is 0.183. The number of amides is 2. The molecule has 3 fully saturated rings. The van der Waals surface area contributed by atoms with Crippen molar-refractivity contribution < 1.29 is 108 Å². The van der Waals surface area contributed by atoms with E-state index in [2.05, 4.69) is 24.3 Å². The van der Waals surface area contributed by atoms with Crippen LogP contribution in [0.15, 0.2) is 24.3 Å². The van der Waals surface area contributed by atoms with Crippen LogP contribution in [0.5, 0.6) is 0 Å². The summed E-state index contributed by atoms with van der Waals surface area (Å²) >= 11 is 0. The number of aliphatic carboxylic acids is 1. The van der Waals surface area contributed by atoms with Gasteiger partial charge < -0.3 is 75.8 Å². The fraction of sp³-hybridized carbons (Fsp3) is 0.735. The monoisotopic (exact) mass is 999 g/mol. The summed E-state index contributed by atoms with van der Waals surface area (Å²) in [5.74, 6) is -2.01. The molecular weight excluding hydrogens is 947 g/mol. The summed E-state index contributed by atoms with van der Waals surface area (Å²) in [7, 11) is -7.31. The molecule has 3 aliphatic heterocycles. The molecule has 0 aliphatic carbocycles. The first-order valence-corrected chi connectivity index (χ1v) is 24.6. The van der Waals surface area contributed by atoms with Gasteiger partial charge in [0.25, 0.3) is 0 Å². The molecule has 0 saturated carbocycles. The van der Waals surface area contributed by atoms with Crippen molar-refractivity contribution in [3.05, 3.63) is 24.3 Å². The van der Waals surface area contributed by atoms with Gasteiger partial charge in [0.15, 0.2) is 18.7 Å². The molecule has 4 rings (SSSR count). The lowest BCUT2D eigenvalue weighted by Gasteiger charge is -2.48. The molecule has 30 heteroatoms. The van der Waals surface area contributed by atoms with Crippen molar-refractivity contribution in [3.63, 3.8) is 0 Å². The van der Waals surface area contributed by atoms with Crippen molar-refractivity contribution in [1.29, 1.82) is 0 Å². The highest BCUT2D eigenvalue weighted by molar-refractivity contribution is 8.77. The largest absolute Gasteiger partial charge is 0.479 e. The Kier molecular flexibility index (Phi) is 20.6. The molecule has 0 aromatic heterocycles. The molecule has 26 nitrogen and oxygen atoms in total. The summed E-state index contributed by atoms with van der Waals surface area (Å²) in [6.45, 7) is -1.73. The predicted octanol–water partition coefficient (Wildman–Crippen LogP) is -3.27. The normalized spacial score (nSPS) is 30.8. The van der Waals surface area contributed by atoms with Crippen LogP contribution >= 0.6 is 21.6 Å². The summed E-state index contributed by atoms with van der Waals surface area (Å²) < 4.78 is 96.2. The highest BCUT2D eigenvalue weighted by Crippen LogP contribution is 2.40. The molecule has 64 heavy (non-hydrogen) atoms. The van der Waals surface area contributed by atoms with Gasteiger partial charge in [-0.2, -0.15) is 16.8 Å². The number of carboxylic acid groups (broad SMARTS) is 1. The van der Waals surface area contributed by atoms with Crippen molar-refractivity contribution in [1.82, 2.24) is 5.32 Å². The number of aliphatic hydroxyl groups excluding tert-OH is 7. The van der Waals surface area contributed by atoms with E-state index in [0.29, 0.717) is 23.0 Å². The zero-order valence-electron chi connectivity index (χ0n) is 33.7. The van der Waals surface area contributed by atoms with Gasteiger partial charge in [-0.3, -0.25) is 18.7 Å². The van der Waals surface area contributed by atoms with E-state index in [4.69, 9.17) is 18.9 Å². The SMILES string of the molecule is CC(=O)N[C@H]1[C@@H](OC[C@@H](O)[C@@H](O)[C@H](O)[C@@H](O)CNc2cccc(NC(=O)CCCCC3CCSS3)c2)O[C@H](CO)[C@H](OS(=O)(=O)O)[C@@H]1O[C@@H]1O[C@H](C(=O)O)[C@@H](O)[C@H](OS(=O)(=O)O)[C@H]1O. The number of ether oxygens (including phenoxy) is 4. The Morgan fingerprint density at radius 3 is 2.16 bits per heavy atom. The van der Waals surface area contributed by atoms with Gasteiger partial charge in [0.1, 0.15) is 61.0 Å². The van der Waals surface area contributed by atoms with Gasteiger partial charge in [-0.15, -0.1) is 0 Å². The number of carboxylic acids is 1. The molecule has 1 aromatic rings. The van der Waals surface area contributed by atoms with E-state index >= 15 is 0 Å². The van der Waals surface area contributed by atoms with Gasteiger partial charge in [0, 0.05) is 42.3 Å². The van der Waals surface area contributed by atoms with Gasteiger partial charge in [0.05, 0.1) is 19.3 Å². The summed E-state index contributed by atoms with van der Waals surface area (Å²) in [6.07, 6.45) is -24.9. The molecule has 3 saturated heterocycles. The average Bonchev–Trinajstić information content (AvgIpc) is 3.74. The van der Waals surface area contributed by atoms with Gasteiger partial charge in [-0.25, -0.2) is 13.2 Å². The average molecular weight is 1000 g/mol. The summed E-state index contributed by atoms with van der Waals surface area (Å²) in [4.78, 5) is 36.8. The van der Waals surface area contributed by atoms with Crippen LogP contribution in [0.4, 0.5) is 11.4 Å². The van der Waals surface area contributed by atoms with Crippen LogP contribution in [-0.2, 0) is 62.5 Å². The quantitative estimate of drug-likeness (QED) is 0.0274. The molecule has 13 N–H and O–H groups in total. The Morgan fingerprint density at radius 1 is 0.891 bits per heavy atom. The smallest absolute Gasteiger partial charge is 0.397 e. The summed E-state index contributed by atoms with van der Waals surface area (Å²) in [6, 6.07) is 4.50. The maximum atomic E-state index is 12.5. The number of carbonyl (C=O) groups excluding carboxylic acids is 2. The van der Waals surface area contributed by atoms with E-state index in [0.717, 1.165) is 38.4 Å². The maximum Gasteiger partial charge on any atom is 0.397 e. The second-order valence-electron chi connectivity index (χ2n) is 14.8. The molecule has 15 atom stereocenters. The number of carbonyl (C=O) groups is 3. The Bertz CT molecular complexity index is 1910. The zero-order valence-corrected chi connectivity index (χ0v) is 37.0. The van der Waals surface area contributed by atoms with Gasteiger partial charge in [0.2, 0.25) is 11.8 Å². The number of hydrogen-bond donors (Lipinski definition) is 13.